The number of aromatic nitrogens is 3. The molecular formula is C21H24N4O. The van der Waals surface area contributed by atoms with Gasteiger partial charge in [0.25, 0.3) is 0 Å². The number of hydrogen-bond donors (Lipinski definition) is 1. The Morgan fingerprint density at radius 3 is 2.77 bits per heavy atom. The Bertz CT molecular complexity index is 911. The zero-order valence-electron chi connectivity index (χ0n) is 15.1. The zero-order valence-corrected chi connectivity index (χ0v) is 15.1. The van der Waals surface area contributed by atoms with Crippen molar-refractivity contribution >= 4 is 16.7 Å². The molecule has 4 rings (SSSR count). The van der Waals surface area contributed by atoms with E-state index in [1.165, 1.54) is 31.1 Å². The van der Waals surface area contributed by atoms with E-state index in [-0.39, 0.29) is 11.9 Å². The Kier molecular flexibility index (Phi) is 4.69. The highest BCUT2D eigenvalue weighted by molar-refractivity contribution is 5.85. The molecule has 2 aromatic carbocycles. The molecule has 1 amide bonds. The van der Waals surface area contributed by atoms with E-state index in [2.05, 4.69) is 44.3 Å². The number of carbonyl (C=O) groups is 1. The third-order valence-electron chi connectivity index (χ3n) is 5.26. The number of amides is 1. The molecule has 26 heavy (non-hydrogen) atoms. The Morgan fingerprint density at radius 2 is 1.96 bits per heavy atom. The van der Waals surface area contributed by atoms with Crippen LogP contribution >= 0.6 is 0 Å². The van der Waals surface area contributed by atoms with Crippen LogP contribution in [0.25, 0.3) is 10.8 Å². The SMILES string of the molecule is CC(NC(=O)Cc1ccc2ccccc2c1)c1nncn1C1CCCC1. The normalized spacial score (nSPS) is 16.0. The molecule has 0 saturated heterocycles. The van der Waals surface area contributed by atoms with Crippen LogP contribution in [0.5, 0.6) is 0 Å². The molecule has 1 N–H and O–H groups in total. The van der Waals surface area contributed by atoms with E-state index < -0.39 is 0 Å². The summed E-state index contributed by atoms with van der Waals surface area (Å²) in [4.78, 5) is 12.5. The molecule has 1 atom stereocenters. The van der Waals surface area contributed by atoms with Crippen molar-refractivity contribution < 1.29 is 4.79 Å². The average Bonchev–Trinajstić information content (AvgIpc) is 3.32. The molecule has 3 aromatic rings. The smallest absolute Gasteiger partial charge is 0.224 e. The molecule has 1 saturated carbocycles. The van der Waals surface area contributed by atoms with E-state index in [1.807, 2.05) is 25.1 Å². The van der Waals surface area contributed by atoms with Gasteiger partial charge in [-0.15, -0.1) is 10.2 Å². The third kappa shape index (κ3) is 3.47. The molecule has 0 spiro atoms. The van der Waals surface area contributed by atoms with Crippen molar-refractivity contribution in [3.63, 3.8) is 0 Å². The third-order valence-corrected chi connectivity index (χ3v) is 5.26. The minimum Gasteiger partial charge on any atom is -0.346 e. The first-order valence-corrected chi connectivity index (χ1v) is 9.37. The molecule has 0 aliphatic heterocycles. The number of carbonyl (C=O) groups excluding carboxylic acids is 1. The number of rotatable bonds is 5. The lowest BCUT2D eigenvalue weighted by molar-refractivity contribution is -0.121. The van der Waals surface area contributed by atoms with E-state index >= 15 is 0 Å². The highest BCUT2D eigenvalue weighted by Crippen LogP contribution is 2.31. The lowest BCUT2D eigenvalue weighted by Gasteiger charge is -2.18. The Morgan fingerprint density at radius 1 is 1.19 bits per heavy atom. The number of hydrogen-bond acceptors (Lipinski definition) is 3. The fraction of sp³-hybridized carbons (Fsp3) is 0.381. The molecule has 1 aliphatic carbocycles. The summed E-state index contributed by atoms with van der Waals surface area (Å²) in [5.41, 5.74) is 1.02. The number of nitrogens with one attached hydrogen (secondary N) is 1. The summed E-state index contributed by atoms with van der Waals surface area (Å²) in [6, 6.07) is 14.7. The van der Waals surface area contributed by atoms with E-state index in [1.54, 1.807) is 6.33 Å². The monoisotopic (exact) mass is 348 g/mol. The Hall–Kier alpha value is -2.69. The van der Waals surface area contributed by atoms with Crippen molar-refractivity contribution in [3.8, 4) is 0 Å². The van der Waals surface area contributed by atoms with Crippen molar-refractivity contribution in [1.29, 1.82) is 0 Å². The van der Waals surface area contributed by atoms with Gasteiger partial charge < -0.3 is 9.88 Å². The average molecular weight is 348 g/mol. The first-order chi connectivity index (χ1) is 12.7. The quantitative estimate of drug-likeness (QED) is 0.759. The highest BCUT2D eigenvalue weighted by atomic mass is 16.1. The molecule has 1 unspecified atom stereocenters. The van der Waals surface area contributed by atoms with Crippen molar-refractivity contribution in [2.24, 2.45) is 0 Å². The van der Waals surface area contributed by atoms with E-state index in [9.17, 15) is 4.79 Å². The number of fused-ring (bicyclic) bond motifs is 1. The van der Waals surface area contributed by atoms with Gasteiger partial charge in [0.05, 0.1) is 12.5 Å². The second kappa shape index (κ2) is 7.28. The summed E-state index contributed by atoms with van der Waals surface area (Å²) in [6.45, 7) is 1.98. The summed E-state index contributed by atoms with van der Waals surface area (Å²) in [5, 5.41) is 13.8. The second-order valence-electron chi connectivity index (χ2n) is 7.18. The summed E-state index contributed by atoms with van der Waals surface area (Å²) in [7, 11) is 0. The van der Waals surface area contributed by atoms with Crippen LogP contribution in [0.4, 0.5) is 0 Å². The highest BCUT2D eigenvalue weighted by Gasteiger charge is 2.23. The van der Waals surface area contributed by atoms with Crippen LogP contribution in [0.15, 0.2) is 48.8 Å². The molecule has 5 nitrogen and oxygen atoms in total. The summed E-state index contributed by atoms with van der Waals surface area (Å²) in [5.74, 6) is 0.859. The lowest BCUT2D eigenvalue weighted by Crippen LogP contribution is -2.30. The fourth-order valence-corrected chi connectivity index (χ4v) is 3.92. The fourth-order valence-electron chi connectivity index (χ4n) is 3.92. The van der Waals surface area contributed by atoms with Gasteiger partial charge in [0.1, 0.15) is 6.33 Å². The van der Waals surface area contributed by atoms with Gasteiger partial charge in [-0.1, -0.05) is 55.3 Å². The Balaban J connectivity index is 1.43. The largest absolute Gasteiger partial charge is 0.346 e. The standard InChI is InChI=1S/C21H24N4O/c1-15(21-24-22-14-25(21)19-8-4-5-9-19)23-20(26)13-16-10-11-17-6-2-3-7-18(17)12-16/h2-3,6-7,10-12,14-15,19H,4-5,8-9,13H2,1H3,(H,23,26). The van der Waals surface area contributed by atoms with Crippen LogP contribution < -0.4 is 5.32 Å². The van der Waals surface area contributed by atoms with Crippen molar-refractivity contribution in [2.75, 3.05) is 0 Å². The topological polar surface area (TPSA) is 59.8 Å². The zero-order chi connectivity index (χ0) is 17.9. The molecular weight excluding hydrogens is 324 g/mol. The maximum Gasteiger partial charge on any atom is 0.224 e. The van der Waals surface area contributed by atoms with E-state index in [4.69, 9.17) is 0 Å². The van der Waals surface area contributed by atoms with Gasteiger partial charge in [0.15, 0.2) is 5.82 Å². The molecule has 1 aromatic heterocycles. The first-order valence-electron chi connectivity index (χ1n) is 9.37. The van der Waals surface area contributed by atoms with Gasteiger partial charge in [-0.25, -0.2) is 0 Å². The molecule has 5 heteroatoms. The molecule has 1 heterocycles. The maximum atomic E-state index is 12.5. The molecule has 134 valence electrons. The molecule has 0 radical (unpaired) electrons. The first kappa shape index (κ1) is 16.8. The lowest BCUT2D eigenvalue weighted by atomic mass is 10.0. The van der Waals surface area contributed by atoms with Crippen molar-refractivity contribution in [1.82, 2.24) is 20.1 Å². The minimum absolute atomic E-state index is 0.00810. The summed E-state index contributed by atoms with van der Waals surface area (Å²) < 4.78 is 2.15. The summed E-state index contributed by atoms with van der Waals surface area (Å²) >= 11 is 0. The van der Waals surface area contributed by atoms with Gasteiger partial charge in [0, 0.05) is 6.04 Å². The van der Waals surface area contributed by atoms with Crippen LogP contribution in [-0.2, 0) is 11.2 Å². The van der Waals surface area contributed by atoms with Crippen molar-refractivity contribution in [3.05, 3.63) is 60.2 Å². The molecule has 1 aliphatic rings. The van der Waals surface area contributed by atoms with Crippen LogP contribution in [0.1, 0.15) is 56.1 Å². The van der Waals surface area contributed by atoms with Gasteiger partial charge in [-0.3, -0.25) is 4.79 Å². The van der Waals surface area contributed by atoms with Crippen LogP contribution in [0.2, 0.25) is 0 Å². The predicted molar refractivity (Wildman–Crippen MR) is 102 cm³/mol. The minimum atomic E-state index is -0.147. The van der Waals surface area contributed by atoms with Crippen molar-refractivity contribution in [2.45, 2.75) is 51.1 Å². The van der Waals surface area contributed by atoms with Crippen LogP contribution in [0, 0.1) is 0 Å². The molecule has 1 fully saturated rings. The summed E-state index contributed by atoms with van der Waals surface area (Å²) in [6.07, 6.45) is 7.02. The molecule has 0 bridgehead atoms. The van der Waals surface area contributed by atoms with Gasteiger partial charge in [0.2, 0.25) is 5.91 Å². The van der Waals surface area contributed by atoms with E-state index in [0.717, 1.165) is 16.8 Å². The number of benzene rings is 2. The second-order valence-corrected chi connectivity index (χ2v) is 7.18. The predicted octanol–water partition coefficient (Wildman–Crippen LogP) is 3.97. The van der Waals surface area contributed by atoms with Crippen LogP contribution in [-0.4, -0.2) is 20.7 Å². The van der Waals surface area contributed by atoms with E-state index in [0.29, 0.717) is 12.5 Å². The van der Waals surface area contributed by atoms with Crippen LogP contribution in [0.3, 0.4) is 0 Å². The number of nitrogens with zero attached hydrogens (tertiary/aromatic N) is 3. The van der Waals surface area contributed by atoms with Gasteiger partial charge >= 0.3 is 0 Å². The maximum absolute atomic E-state index is 12.5. The Labute approximate surface area is 153 Å². The van der Waals surface area contributed by atoms with Gasteiger partial charge in [-0.2, -0.15) is 0 Å². The van der Waals surface area contributed by atoms with Gasteiger partial charge in [-0.05, 0) is 36.1 Å².